The molecule has 0 rings (SSSR count). The monoisotopic (exact) mass is 930 g/mol. The van der Waals surface area contributed by atoms with Crippen LogP contribution in [0.3, 0.4) is 0 Å². The molecule has 66 heavy (non-hydrogen) atoms. The number of carbonyl (C=O) groups is 2. The highest BCUT2D eigenvalue weighted by molar-refractivity contribution is 5.77. The molecule has 0 aromatic heterocycles. The molecule has 6 heteroatoms. The van der Waals surface area contributed by atoms with E-state index in [1.165, 1.54) is 218 Å². The Kier molecular flexibility index (Phi) is 52.9. The van der Waals surface area contributed by atoms with Crippen molar-refractivity contribution in [1.29, 1.82) is 0 Å². The molecule has 0 heterocycles. The van der Waals surface area contributed by atoms with Gasteiger partial charge in [-0.15, -0.1) is 0 Å². The second-order valence-corrected chi connectivity index (χ2v) is 20.4. The molecule has 0 saturated heterocycles. The van der Waals surface area contributed by atoms with Gasteiger partial charge in [0.05, 0.1) is 25.2 Å². The van der Waals surface area contributed by atoms with E-state index in [0.29, 0.717) is 19.3 Å². The lowest BCUT2D eigenvalue weighted by Gasteiger charge is -2.24. The molecule has 6 nitrogen and oxygen atoms in total. The number of aliphatic hydroxyl groups excluding tert-OH is 2. The van der Waals surface area contributed by atoms with Gasteiger partial charge in [0.1, 0.15) is 6.10 Å². The van der Waals surface area contributed by atoms with Gasteiger partial charge in [0.25, 0.3) is 0 Å². The molecule has 390 valence electrons. The Balaban J connectivity index is 4.53. The molecule has 3 atom stereocenters. The van der Waals surface area contributed by atoms with Gasteiger partial charge < -0.3 is 20.3 Å². The summed E-state index contributed by atoms with van der Waals surface area (Å²) in [5.74, 6) is -0.461. The van der Waals surface area contributed by atoms with E-state index >= 15 is 0 Å². The summed E-state index contributed by atoms with van der Waals surface area (Å²) in [4.78, 5) is 26.3. The number of nitrogens with one attached hydrogen (secondary N) is 1. The number of hydrogen-bond acceptors (Lipinski definition) is 5. The van der Waals surface area contributed by atoms with Crippen LogP contribution in [0.4, 0.5) is 0 Å². The zero-order valence-corrected chi connectivity index (χ0v) is 44.6. The number of hydrogen-bond donors (Lipinski definition) is 3. The van der Waals surface area contributed by atoms with Gasteiger partial charge in [-0.2, -0.15) is 0 Å². The quantitative estimate of drug-likeness (QED) is 0.0321. The largest absolute Gasteiger partial charge is 0.462 e. The first-order chi connectivity index (χ1) is 32.5. The van der Waals surface area contributed by atoms with E-state index in [-0.39, 0.29) is 24.9 Å². The maximum atomic E-state index is 13.3. The lowest BCUT2D eigenvalue weighted by molar-refractivity contribution is -0.151. The van der Waals surface area contributed by atoms with Crippen molar-refractivity contribution in [3.8, 4) is 0 Å². The molecule has 0 aliphatic carbocycles. The molecular weight excluding hydrogens is 815 g/mol. The van der Waals surface area contributed by atoms with Crippen molar-refractivity contribution in [2.24, 2.45) is 0 Å². The summed E-state index contributed by atoms with van der Waals surface area (Å²) in [6.07, 6.45) is 63.8. The minimum atomic E-state index is -0.785. The van der Waals surface area contributed by atoms with Gasteiger partial charge in [-0.1, -0.05) is 276 Å². The Morgan fingerprint density at radius 2 is 0.773 bits per heavy atom. The Morgan fingerprint density at radius 3 is 1.18 bits per heavy atom. The van der Waals surface area contributed by atoms with E-state index in [4.69, 9.17) is 4.74 Å². The maximum absolute atomic E-state index is 13.3. The fraction of sp³-hybridized carbons (Fsp3) is 0.900. The van der Waals surface area contributed by atoms with Crippen LogP contribution < -0.4 is 5.32 Å². The molecule has 0 bridgehead atoms. The molecule has 0 fully saturated rings. The third kappa shape index (κ3) is 48.8. The van der Waals surface area contributed by atoms with Crippen LogP contribution in [0.1, 0.15) is 323 Å². The van der Waals surface area contributed by atoms with Crippen LogP contribution in [-0.4, -0.2) is 46.9 Å². The van der Waals surface area contributed by atoms with Gasteiger partial charge >= 0.3 is 5.97 Å². The Labute approximate surface area is 411 Å². The first kappa shape index (κ1) is 64.3. The summed E-state index contributed by atoms with van der Waals surface area (Å²) in [6, 6.07) is -0.699. The molecule has 0 aliphatic rings. The molecule has 0 radical (unpaired) electrons. The molecule has 0 aromatic carbocycles. The van der Waals surface area contributed by atoms with Crippen LogP contribution >= 0.6 is 0 Å². The summed E-state index contributed by atoms with van der Waals surface area (Å²) in [5.41, 5.74) is 0. The van der Waals surface area contributed by atoms with E-state index in [2.05, 4.69) is 50.4 Å². The van der Waals surface area contributed by atoms with E-state index in [1.807, 2.05) is 0 Å². The molecule has 3 N–H and O–H groups in total. The lowest BCUT2D eigenvalue weighted by atomic mass is 10.0. The number of carbonyl (C=O) groups excluding carboxylic acids is 2. The Bertz CT molecular complexity index is 1040. The number of rotatable bonds is 54. The van der Waals surface area contributed by atoms with Crippen LogP contribution in [0.25, 0.3) is 0 Å². The maximum Gasteiger partial charge on any atom is 0.306 e. The van der Waals surface area contributed by atoms with Crippen molar-refractivity contribution < 1.29 is 24.5 Å². The zero-order valence-electron chi connectivity index (χ0n) is 44.6. The SMILES string of the molecule is CCCCC/C=C\C/C=C\CCCCCCCCCC(=O)OC(CCCCCCCCCCCCCCCCCC)CC(=O)NC(CO)C(O)CCCCCCCCCCCCCCCC. The first-order valence-corrected chi connectivity index (χ1v) is 29.6. The fourth-order valence-corrected chi connectivity index (χ4v) is 9.29. The minimum absolute atomic E-state index is 0.0808. The van der Waals surface area contributed by atoms with Crippen LogP contribution in [-0.2, 0) is 14.3 Å². The highest BCUT2D eigenvalue weighted by Crippen LogP contribution is 2.19. The van der Waals surface area contributed by atoms with Gasteiger partial charge in [0.15, 0.2) is 0 Å². The summed E-state index contributed by atoms with van der Waals surface area (Å²) in [5, 5.41) is 23.9. The summed E-state index contributed by atoms with van der Waals surface area (Å²) < 4.78 is 5.97. The van der Waals surface area contributed by atoms with E-state index in [9.17, 15) is 19.8 Å². The van der Waals surface area contributed by atoms with E-state index in [1.54, 1.807) is 0 Å². The molecule has 1 amide bonds. The second-order valence-electron chi connectivity index (χ2n) is 20.4. The fourth-order valence-electron chi connectivity index (χ4n) is 9.29. The van der Waals surface area contributed by atoms with E-state index < -0.39 is 18.2 Å². The van der Waals surface area contributed by atoms with Gasteiger partial charge in [-0.05, 0) is 57.8 Å². The number of aliphatic hydroxyl groups is 2. The van der Waals surface area contributed by atoms with Crippen molar-refractivity contribution >= 4 is 11.9 Å². The van der Waals surface area contributed by atoms with Crippen LogP contribution in [0.2, 0.25) is 0 Å². The Hall–Kier alpha value is -1.66. The zero-order chi connectivity index (χ0) is 48.1. The lowest BCUT2D eigenvalue weighted by Crippen LogP contribution is -2.46. The average Bonchev–Trinajstić information content (AvgIpc) is 3.31. The summed E-state index contributed by atoms with van der Waals surface area (Å²) in [6.45, 7) is 6.50. The Morgan fingerprint density at radius 1 is 0.439 bits per heavy atom. The minimum Gasteiger partial charge on any atom is -0.462 e. The molecule has 0 spiro atoms. The number of amides is 1. The highest BCUT2D eigenvalue weighted by atomic mass is 16.5. The molecule has 0 aliphatic heterocycles. The van der Waals surface area contributed by atoms with Crippen molar-refractivity contribution in [2.75, 3.05) is 6.61 Å². The van der Waals surface area contributed by atoms with Gasteiger partial charge in [0.2, 0.25) is 5.91 Å². The summed E-state index contributed by atoms with van der Waals surface area (Å²) in [7, 11) is 0. The molecule has 0 aromatic rings. The predicted octanol–water partition coefficient (Wildman–Crippen LogP) is 18.2. The number of unbranched alkanes of at least 4 members (excludes halogenated alkanes) is 38. The normalized spacial score (nSPS) is 13.2. The van der Waals surface area contributed by atoms with Crippen molar-refractivity contribution in [1.82, 2.24) is 5.32 Å². The third-order valence-electron chi connectivity index (χ3n) is 13.8. The van der Waals surface area contributed by atoms with Gasteiger partial charge in [-0.25, -0.2) is 0 Å². The van der Waals surface area contributed by atoms with Crippen LogP contribution in [0.5, 0.6) is 0 Å². The van der Waals surface area contributed by atoms with Crippen LogP contribution in [0, 0.1) is 0 Å². The number of allylic oxidation sites excluding steroid dienone is 4. The standard InChI is InChI=1S/C60H115NO5/c1-4-7-10-13-16-19-22-25-28-30-32-35-38-41-44-47-50-53-60(65)66-56(51-48-45-42-39-36-33-31-29-26-23-20-17-14-11-8-5-2)54-59(64)61-57(55-62)58(63)52-49-46-43-40-37-34-27-24-21-18-15-12-9-6-3/h16,19,25,28,56-58,62-63H,4-15,17-18,20-24,26-27,29-55H2,1-3H3,(H,61,64)/b19-16-,28-25-. The topological polar surface area (TPSA) is 95.9 Å². The third-order valence-corrected chi connectivity index (χ3v) is 13.8. The van der Waals surface area contributed by atoms with Crippen molar-refractivity contribution in [3.05, 3.63) is 24.3 Å². The number of ether oxygens (including phenoxy) is 1. The van der Waals surface area contributed by atoms with Gasteiger partial charge in [0, 0.05) is 6.42 Å². The van der Waals surface area contributed by atoms with Crippen molar-refractivity contribution in [2.45, 2.75) is 341 Å². The second kappa shape index (κ2) is 54.3. The molecule has 0 saturated carbocycles. The van der Waals surface area contributed by atoms with Crippen molar-refractivity contribution in [3.63, 3.8) is 0 Å². The first-order valence-electron chi connectivity index (χ1n) is 29.6. The predicted molar refractivity (Wildman–Crippen MR) is 287 cm³/mol. The molecule has 3 unspecified atom stereocenters. The van der Waals surface area contributed by atoms with E-state index in [0.717, 1.165) is 57.8 Å². The van der Waals surface area contributed by atoms with Crippen LogP contribution in [0.15, 0.2) is 24.3 Å². The highest BCUT2D eigenvalue weighted by Gasteiger charge is 2.24. The molecular formula is C60H115NO5. The van der Waals surface area contributed by atoms with Gasteiger partial charge in [-0.3, -0.25) is 9.59 Å². The summed E-state index contributed by atoms with van der Waals surface area (Å²) >= 11 is 0. The average molecular weight is 931 g/mol. The number of esters is 1. The smallest absolute Gasteiger partial charge is 0.306 e.